The molecule has 20 heavy (non-hydrogen) atoms. The molecule has 102 valence electrons. The molecule has 4 nitrogen and oxygen atoms in total. The van der Waals surface area contributed by atoms with Gasteiger partial charge < -0.3 is 10.5 Å². The van der Waals surface area contributed by atoms with Crippen molar-refractivity contribution in [2.75, 3.05) is 12.3 Å². The zero-order valence-electron chi connectivity index (χ0n) is 11.0. The van der Waals surface area contributed by atoms with Gasteiger partial charge in [0.05, 0.1) is 6.61 Å². The van der Waals surface area contributed by atoms with E-state index >= 15 is 0 Å². The predicted molar refractivity (Wildman–Crippen MR) is 76.2 cm³/mol. The maximum Gasteiger partial charge on any atom is 0.140 e. The fourth-order valence-electron chi connectivity index (χ4n) is 2.15. The van der Waals surface area contributed by atoms with Crippen LogP contribution in [0, 0.1) is 5.82 Å². The summed E-state index contributed by atoms with van der Waals surface area (Å²) in [6, 6.07) is 10.5. The molecule has 2 aromatic heterocycles. The highest BCUT2D eigenvalue weighted by Crippen LogP contribution is 2.29. The molecule has 0 saturated heterocycles. The molecule has 0 spiro atoms. The van der Waals surface area contributed by atoms with Crippen LogP contribution in [-0.4, -0.2) is 16.0 Å². The normalized spacial score (nSPS) is 10.9. The highest BCUT2D eigenvalue weighted by atomic mass is 19.1. The van der Waals surface area contributed by atoms with E-state index in [1.165, 1.54) is 16.7 Å². The van der Waals surface area contributed by atoms with E-state index in [0.717, 1.165) is 11.3 Å². The van der Waals surface area contributed by atoms with Crippen LogP contribution >= 0.6 is 0 Å². The summed E-state index contributed by atoms with van der Waals surface area (Å²) >= 11 is 0. The molecule has 0 unspecified atom stereocenters. The first-order valence-electron chi connectivity index (χ1n) is 6.35. The van der Waals surface area contributed by atoms with E-state index in [4.69, 9.17) is 10.5 Å². The third-order valence-corrected chi connectivity index (χ3v) is 3.04. The average Bonchev–Trinajstić information content (AvgIpc) is 2.77. The number of anilines is 1. The van der Waals surface area contributed by atoms with E-state index in [1.54, 1.807) is 6.07 Å². The molecule has 1 aromatic carbocycles. The minimum absolute atomic E-state index is 0.351. The first-order chi connectivity index (χ1) is 9.69. The summed E-state index contributed by atoms with van der Waals surface area (Å²) < 4.78 is 20.3. The van der Waals surface area contributed by atoms with Crippen LogP contribution < -0.4 is 10.5 Å². The molecule has 0 bridgehead atoms. The Kier molecular flexibility index (Phi) is 3.02. The number of hydrogen-bond donors (Lipinski definition) is 1. The fourth-order valence-corrected chi connectivity index (χ4v) is 2.15. The Morgan fingerprint density at radius 3 is 2.95 bits per heavy atom. The number of fused-ring (bicyclic) bond motifs is 1. The zero-order chi connectivity index (χ0) is 14.1. The van der Waals surface area contributed by atoms with Gasteiger partial charge in [0, 0.05) is 11.8 Å². The van der Waals surface area contributed by atoms with E-state index in [1.807, 2.05) is 31.2 Å². The first-order valence-corrected chi connectivity index (χ1v) is 6.35. The second-order valence-corrected chi connectivity index (χ2v) is 4.38. The molecule has 0 aliphatic carbocycles. The van der Waals surface area contributed by atoms with E-state index in [9.17, 15) is 4.39 Å². The molecule has 2 heterocycles. The molecule has 0 aliphatic heterocycles. The number of benzene rings is 1. The van der Waals surface area contributed by atoms with Crippen LogP contribution in [0.1, 0.15) is 6.92 Å². The number of nitrogen functional groups attached to an aromatic ring is 1. The summed E-state index contributed by atoms with van der Waals surface area (Å²) in [5.41, 5.74) is 8.14. The van der Waals surface area contributed by atoms with Crippen molar-refractivity contribution in [3.05, 3.63) is 48.4 Å². The summed E-state index contributed by atoms with van der Waals surface area (Å²) in [6.45, 7) is 2.52. The Morgan fingerprint density at radius 1 is 1.30 bits per heavy atom. The highest BCUT2D eigenvalue weighted by Gasteiger charge is 2.12. The smallest absolute Gasteiger partial charge is 0.140 e. The van der Waals surface area contributed by atoms with Crippen molar-refractivity contribution in [2.24, 2.45) is 0 Å². The van der Waals surface area contributed by atoms with Crippen LogP contribution in [0.4, 0.5) is 10.2 Å². The minimum Gasteiger partial charge on any atom is -0.494 e. The van der Waals surface area contributed by atoms with E-state index in [2.05, 4.69) is 4.98 Å². The van der Waals surface area contributed by atoms with Gasteiger partial charge in [0.1, 0.15) is 28.7 Å². The molecule has 0 fully saturated rings. The van der Waals surface area contributed by atoms with Crippen molar-refractivity contribution < 1.29 is 9.13 Å². The zero-order valence-corrected chi connectivity index (χ0v) is 11.0. The van der Waals surface area contributed by atoms with Gasteiger partial charge in [-0.05, 0) is 31.2 Å². The quantitative estimate of drug-likeness (QED) is 0.796. The topological polar surface area (TPSA) is 52.5 Å². The van der Waals surface area contributed by atoms with Crippen LogP contribution in [0.25, 0.3) is 16.9 Å². The molecule has 0 saturated carbocycles. The number of nitrogens with two attached hydrogens (primary N) is 1. The largest absolute Gasteiger partial charge is 0.494 e. The number of aromatic nitrogens is 2. The maximum absolute atomic E-state index is 13.3. The number of ether oxygens (including phenoxy) is 1. The lowest BCUT2D eigenvalue weighted by atomic mass is 10.1. The number of rotatable bonds is 3. The van der Waals surface area contributed by atoms with Gasteiger partial charge in [0.15, 0.2) is 0 Å². The van der Waals surface area contributed by atoms with Crippen LogP contribution in [0.15, 0.2) is 42.6 Å². The van der Waals surface area contributed by atoms with Gasteiger partial charge in [0.25, 0.3) is 0 Å². The Labute approximate surface area is 115 Å². The average molecular weight is 271 g/mol. The van der Waals surface area contributed by atoms with E-state index in [0.29, 0.717) is 23.8 Å². The lowest BCUT2D eigenvalue weighted by Crippen LogP contribution is -1.95. The molecule has 0 aliphatic rings. The summed E-state index contributed by atoms with van der Waals surface area (Å²) in [5.74, 6) is 0.817. The standard InChI is InChI=1S/C15H14FN3O/c1-2-20-12-5-3-4-10(8-12)14-15(17)19-9-11(16)6-7-13(19)18-14/h3-9H,2,17H2,1H3. The molecule has 0 amide bonds. The van der Waals surface area contributed by atoms with Gasteiger partial charge in [-0.25, -0.2) is 9.37 Å². The summed E-state index contributed by atoms with van der Waals surface area (Å²) in [4.78, 5) is 4.44. The molecular weight excluding hydrogens is 257 g/mol. The van der Waals surface area contributed by atoms with Gasteiger partial charge in [-0.15, -0.1) is 0 Å². The summed E-state index contributed by atoms with van der Waals surface area (Å²) in [7, 11) is 0. The summed E-state index contributed by atoms with van der Waals surface area (Å²) in [6.07, 6.45) is 1.33. The molecular formula is C15H14FN3O. The Hall–Kier alpha value is -2.56. The lowest BCUT2D eigenvalue weighted by Gasteiger charge is -2.05. The van der Waals surface area contributed by atoms with Crippen molar-refractivity contribution in [2.45, 2.75) is 6.92 Å². The highest BCUT2D eigenvalue weighted by molar-refractivity contribution is 5.75. The second-order valence-electron chi connectivity index (χ2n) is 4.38. The number of pyridine rings is 1. The van der Waals surface area contributed by atoms with Crippen LogP contribution in [0.2, 0.25) is 0 Å². The van der Waals surface area contributed by atoms with Gasteiger partial charge in [-0.2, -0.15) is 0 Å². The van der Waals surface area contributed by atoms with Gasteiger partial charge in [-0.3, -0.25) is 4.40 Å². The number of nitrogens with zero attached hydrogens (tertiary/aromatic N) is 2. The van der Waals surface area contributed by atoms with Gasteiger partial charge >= 0.3 is 0 Å². The minimum atomic E-state index is -0.351. The second kappa shape index (κ2) is 4.85. The molecule has 0 atom stereocenters. The number of hydrogen-bond acceptors (Lipinski definition) is 3. The monoisotopic (exact) mass is 271 g/mol. The number of halogens is 1. The van der Waals surface area contributed by atoms with Gasteiger partial charge in [0.2, 0.25) is 0 Å². The van der Waals surface area contributed by atoms with Crippen molar-refractivity contribution in [3.8, 4) is 17.0 Å². The molecule has 3 rings (SSSR count). The lowest BCUT2D eigenvalue weighted by molar-refractivity contribution is 0.340. The molecule has 5 heteroatoms. The SMILES string of the molecule is CCOc1cccc(-c2nc3ccc(F)cn3c2N)c1. The molecule has 0 radical (unpaired) electrons. The van der Waals surface area contributed by atoms with Crippen molar-refractivity contribution >= 4 is 11.5 Å². The van der Waals surface area contributed by atoms with Crippen LogP contribution in [0.3, 0.4) is 0 Å². The van der Waals surface area contributed by atoms with E-state index in [-0.39, 0.29) is 5.82 Å². The molecule has 2 N–H and O–H groups in total. The van der Waals surface area contributed by atoms with Crippen molar-refractivity contribution in [3.63, 3.8) is 0 Å². The van der Waals surface area contributed by atoms with Crippen molar-refractivity contribution in [1.29, 1.82) is 0 Å². The maximum atomic E-state index is 13.3. The number of imidazole rings is 1. The van der Waals surface area contributed by atoms with Crippen LogP contribution in [0.5, 0.6) is 5.75 Å². The summed E-state index contributed by atoms with van der Waals surface area (Å²) in [5, 5.41) is 0. The third kappa shape index (κ3) is 2.07. The Morgan fingerprint density at radius 2 is 2.15 bits per heavy atom. The van der Waals surface area contributed by atoms with Crippen LogP contribution in [-0.2, 0) is 0 Å². The van der Waals surface area contributed by atoms with Crippen molar-refractivity contribution in [1.82, 2.24) is 9.38 Å². The van der Waals surface area contributed by atoms with Gasteiger partial charge in [-0.1, -0.05) is 12.1 Å². The Balaban J connectivity index is 2.14. The predicted octanol–water partition coefficient (Wildman–Crippen LogP) is 3.12. The molecule has 3 aromatic rings. The Bertz CT molecular complexity index is 767. The van der Waals surface area contributed by atoms with E-state index < -0.39 is 0 Å². The fraction of sp³-hybridized carbons (Fsp3) is 0.133. The first kappa shape index (κ1) is 12.5. The third-order valence-electron chi connectivity index (χ3n) is 3.04.